The Hall–Kier alpha value is -1.20. The van der Waals surface area contributed by atoms with Gasteiger partial charge in [0.15, 0.2) is 0 Å². The summed E-state index contributed by atoms with van der Waals surface area (Å²) in [7, 11) is 2.17. The number of nitrogens with zero attached hydrogens (tertiary/aromatic N) is 3. The SMILES string of the molecule is CN(CCCO)C1CCN(Cc2ccc(Cl)c3cccnc23)CC1. The van der Waals surface area contributed by atoms with Crippen LogP contribution in [0.4, 0.5) is 0 Å². The highest BCUT2D eigenvalue weighted by atomic mass is 35.5. The van der Waals surface area contributed by atoms with Gasteiger partial charge in [-0.15, -0.1) is 0 Å². The van der Waals surface area contributed by atoms with Crippen molar-refractivity contribution in [2.24, 2.45) is 0 Å². The Morgan fingerprint density at radius 1 is 1.29 bits per heavy atom. The molecule has 4 nitrogen and oxygen atoms in total. The minimum Gasteiger partial charge on any atom is -0.396 e. The summed E-state index contributed by atoms with van der Waals surface area (Å²) in [6.45, 7) is 4.39. The molecule has 3 rings (SSSR count). The molecule has 0 spiro atoms. The van der Waals surface area contributed by atoms with Crippen LogP contribution < -0.4 is 0 Å². The van der Waals surface area contributed by atoms with E-state index in [2.05, 4.69) is 27.9 Å². The summed E-state index contributed by atoms with van der Waals surface area (Å²) in [5.41, 5.74) is 2.27. The van der Waals surface area contributed by atoms with Crippen molar-refractivity contribution in [2.45, 2.75) is 31.8 Å². The van der Waals surface area contributed by atoms with E-state index in [0.717, 1.165) is 48.5 Å². The number of aromatic nitrogens is 1. The monoisotopic (exact) mass is 347 g/mol. The third-order valence-corrected chi connectivity index (χ3v) is 5.37. The number of rotatable bonds is 6. The van der Waals surface area contributed by atoms with Crippen LogP contribution in [0.25, 0.3) is 10.9 Å². The Morgan fingerprint density at radius 2 is 2.08 bits per heavy atom. The Kier molecular flexibility index (Phi) is 6.06. The van der Waals surface area contributed by atoms with E-state index >= 15 is 0 Å². The zero-order valence-corrected chi connectivity index (χ0v) is 15.0. The molecule has 0 unspecified atom stereocenters. The number of hydrogen-bond donors (Lipinski definition) is 1. The van der Waals surface area contributed by atoms with Gasteiger partial charge in [-0.2, -0.15) is 0 Å². The van der Waals surface area contributed by atoms with Gasteiger partial charge in [-0.1, -0.05) is 17.7 Å². The predicted molar refractivity (Wildman–Crippen MR) is 99.4 cm³/mol. The number of pyridine rings is 1. The molecule has 0 atom stereocenters. The normalized spacial score (nSPS) is 17.0. The maximum atomic E-state index is 8.98. The second kappa shape index (κ2) is 8.26. The number of benzene rings is 1. The van der Waals surface area contributed by atoms with Crippen molar-refractivity contribution < 1.29 is 5.11 Å². The molecule has 1 aromatic carbocycles. The summed E-state index contributed by atoms with van der Waals surface area (Å²) in [4.78, 5) is 9.44. The predicted octanol–water partition coefficient (Wildman–Crippen LogP) is 3.17. The molecule has 5 heteroatoms. The summed E-state index contributed by atoms with van der Waals surface area (Å²) in [5.74, 6) is 0. The lowest BCUT2D eigenvalue weighted by atomic mass is 10.0. The quantitative estimate of drug-likeness (QED) is 0.871. The highest BCUT2D eigenvalue weighted by Crippen LogP contribution is 2.26. The van der Waals surface area contributed by atoms with Crippen LogP contribution in [0, 0.1) is 0 Å². The van der Waals surface area contributed by atoms with E-state index in [-0.39, 0.29) is 6.61 Å². The van der Waals surface area contributed by atoms with Crippen LogP contribution in [-0.2, 0) is 6.54 Å². The fourth-order valence-electron chi connectivity index (χ4n) is 3.59. The molecule has 1 aromatic heterocycles. The molecule has 0 saturated carbocycles. The number of aliphatic hydroxyl groups is 1. The maximum Gasteiger partial charge on any atom is 0.0761 e. The summed E-state index contributed by atoms with van der Waals surface area (Å²) < 4.78 is 0. The first-order chi connectivity index (χ1) is 11.7. The third-order valence-electron chi connectivity index (χ3n) is 5.04. The van der Waals surface area contributed by atoms with Crippen LogP contribution in [0.1, 0.15) is 24.8 Å². The van der Waals surface area contributed by atoms with E-state index in [1.807, 2.05) is 24.4 Å². The van der Waals surface area contributed by atoms with Crippen molar-refractivity contribution in [3.8, 4) is 0 Å². The van der Waals surface area contributed by atoms with Gasteiger partial charge in [-0.3, -0.25) is 9.88 Å². The first kappa shape index (κ1) is 17.6. The molecular formula is C19H26ClN3O. The number of hydrogen-bond acceptors (Lipinski definition) is 4. The van der Waals surface area contributed by atoms with E-state index in [1.165, 1.54) is 18.4 Å². The van der Waals surface area contributed by atoms with Crippen molar-refractivity contribution in [1.82, 2.24) is 14.8 Å². The second-order valence-electron chi connectivity index (χ2n) is 6.67. The van der Waals surface area contributed by atoms with E-state index in [4.69, 9.17) is 16.7 Å². The fourth-order valence-corrected chi connectivity index (χ4v) is 3.80. The van der Waals surface area contributed by atoms with E-state index in [9.17, 15) is 0 Å². The molecule has 0 aliphatic carbocycles. The first-order valence-corrected chi connectivity index (χ1v) is 9.12. The average molecular weight is 348 g/mol. The standard InChI is InChI=1S/C19H26ClN3O/c1-22(10-3-13-24)16-7-11-23(12-8-16)14-15-5-6-18(20)17-4-2-9-21-19(15)17/h2,4-6,9,16,24H,3,7-8,10-14H2,1H3. The van der Waals surface area contributed by atoms with Gasteiger partial charge in [-0.25, -0.2) is 0 Å². The zero-order chi connectivity index (χ0) is 16.9. The molecule has 1 N–H and O–H groups in total. The van der Waals surface area contributed by atoms with Gasteiger partial charge < -0.3 is 10.0 Å². The lowest BCUT2D eigenvalue weighted by Crippen LogP contribution is -2.43. The Bertz CT molecular complexity index is 671. The molecule has 2 aromatic rings. The van der Waals surface area contributed by atoms with Crippen molar-refractivity contribution in [2.75, 3.05) is 33.3 Å². The Balaban J connectivity index is 1.62. The summed E-state index contributed by atoms with van der Waals surface area (Å²) in [6, 6.07) is 8.70. The summed E-state index contributed by atoms with van der Waals surface area (Å²) >= 11 is 6.29. The second-order valence-corrected chi connectivity index (χ2v) is 7.08. The van der Waals surface area contributed by atoms with Crippen molar-refractivity contribution >= 4 is 22.5 Å². The number of piperidine rings is 1. The van der Waals surface area contributed by atoms with E-state index < -0.39 is 0 Å². The van der Waals surface area contributed by atoms with Gasteiger partial charge in [0.25, 0.3) is 0 Å². The number of likely N-dealkylation sites (tertiary alicyclic amines) is 1. The summed E-state index contributed by atoms with van der Waals surface area (Å²) in [6.07, 6.45) is 5.06. The molecular weight excluding hydrogens is 322 g/mol. The van der Waals surface area contributed by atoms with Crippen molar-refractivity contribution in [3.05, 3.63) is 41.0 Å². The Morgan fingerprint density at radius 3 is 2.83 bits per heavy atom. The molecule has 1 aliphatic rings. The van der Waals surface area contributed by atoms with Crippen LogP contribution in [0.5, 0.6) is 0 Å². The van der Waals surface area contributed by atoms with Gasteiger partial charge in [-0.05, 0) is 63.2 Å². The van der Waals surface area contributed by atoms with Crippen molar-refractivity contribution in [1.29, 1.82) is 0 Å². The van der Waals surface area contributed by atoms with Gasteiger partial charge in [0.05, 0.1) is 5.52 Å². The highest BCUT2D eigenvalue weighted by molar-refractivity contribution is 6.35. The minimum atomic E-state index is 0.278. The maximum absolute atomic E-state index is 8.98. The Labute approximate surface area is 149 Å². The average Bonchev–Trinajstić information content (AvgIpc) is 2.63. The molecule has 1 saturated heterocycles. The van der Waals surface area contributed by atoms with Crippen LogP contribution in [-0.4, -0.2) is 59.2 Å². The molecule has 0 bridgehead atoms. The fraction of sp³-hybridized carbons (Fsp3) is 0.526. The number of fused-ring (bicyclic) bond motifs is 1. The molecule has 2 heterocycles. The third kappa shape index (κ3) is 4.06. The topological polar surface area (TPSA) is 39.6 Å². The van der Waals surface area contributed by atoms with Crippen molar-refractivity contribution in [3.63, 3.8) is 0 Å². The smallest absolute Gasteiger partial charge is 0.0761 e. The van der Waals surface area contributed by atoms with Crippen LogP contribution in [0.2, 0.25) is 5.02 Å². The van der Waals surface area contributed by atoms with E-state index in [0.29, 0.717) is 6.04 Å². The largest absolute Gasteiger partial charge is 0.396 e. The molecule has 0 radical (unpaired) electrons. The van der Waals surface area contributed by atoms with Crippen LogP contribution >= 0.6 is 11.6 Å². The molecule has 130 valence electrons. The molecule has 1 fully saturated rings. The van der Waals surface area contributed by atoms with Gasteiger partial charge in [0.1, 0.15) is 0 Å². The molecule has 1 aliphatic heterocycles. The number of aliphatic hydroxyl groups excluding tert-OH is 1. The molecule has 24 heavy (non-hydrogen) atoms. The lowest BCUT2D eigenvalue weighted by Gasteiger charge is -2.36. The molecule has 0 amide bonds. The van der Waals surface area contributed by atoms with Gasteiger partial charge in [0.2, 0.25) is 0 Å². The highest BCUT2D eigenvalue weighted by Gasteiger charge is 2.22. The van der Waals surface area contributed by atoms with Crippen LogP contribution in [0.3, 0.4) is 0 Å². The van der Waals surface area contributed by atoms with Crippen LogP contribution in [0.15, 0.2) is 30.5 Å². The van der Waals surface area contributed by atoms with Gasteiger partial charge in [0, 0.05) is 42.3 Å². The lowest BCUT2D eigenvalue weighted by molar-refractivity contribution is 0.117. The first-order valence-electron chi connectivity index (χ1n) is 8.74. The summed E-state index contributed by atoms with van der Waals surface area (Å²) in [5, 5.41) is 10.8. The number of halogens is 1. The van der Waals surface area contributed by atoms with Gasteiger partial charge >= 0.3 is 0 Å². The van der Waals surface area contributed by atoms with E-state index in [1.54, 1.807) is 0 Å². The minimum absolute atomic E-state index is 0.278. The zero-order valence-electron chi connectivity index (χ0n) is 14.3.